The molecular weight excluding hydrogens is 198 g/mol. The first kappa shape index (κ1) is 10.1. The van der Waals surface area contributed by atoms with Gasteiger partial charge in [-0.05, 0) is 44.7 Å². The zero-order chi connectivity index (χ0) is 11.0. The monoisotopic (exact) mass is 217 g/mol. The summed E-state index contributed by atoms with van der Waals surface area (Å²) in [6.07, 6.45) is 7.28. The van der Waals surface area contributed by atoms with Crippen molar-refractivity contribution in [3.8, 4) is 0 Å². The van der Waals surface area contributed by atoms with Crippen LogP contribution in [0, 0.1) is 6.92 Å². The maximum Gasteiger partial charge on any atom is 0.106 e. The van der Waals surface area contributed by atoms with Gasteiger partial charge in [0, 0.05) is 18.8 Å². The van der Waals surface area contributed by atoms with Crippen LogP contribution in [0.3, 0.4) is 0 Å². The minimum atomic E-state index is 1.00. The van der Waals surface area contributed by atoms with E-state index in [-0.39, 0.29) is 0 Å². The van der Waals surface area contributed by atoms with Gasteiger partial charge in [-0.25, -0.2) is 4.98 Å². The molecule has 16 heavy (non-hydrogen) atoms. The topological polar surface area (TPSA) is 29.9 Å². The molecule has 2 aliphatic heterocycles. The van der Waals surface area contributed by atoms with Crippen LogP contribution >= 0.6 is 0 Å². The van der Waals surface area contributed by atoms with E-state index in [0.717, 1.165) is 19.5 Å². The Morgan fingerprint density at radius 3 is 3.06 bits per heavy atom. The molecule has 0 saturated carbocycles. The van der Waals surface area contributed by atoms with E-state index >= 15 is 0 Å². The number of imidazole rings is 1. The number of aryl methyl sites for hydroxylation is 1. The zero-order valence-corrected chi connectivity index (χ0v) is 9.92. The Morgan fingerprint density at radius 2 is 2.25 bits per heavy atom. The van der Waals surface area contributed by atoms with Gasteiger partial charge < -0.3 is 9.88 Å². The van der Waals surface area contributed by atoms with Gasteiger partial charge in [0.15, 0.2) is 0 Å². The van der Waals surface area contributed by atoms with Crippen LogP contribution in [0.5, 0.6) is 0 Å². The molecule has 3 heteroatoms. The highest BCUT2D eigenvalue weighted by Crippen LogP contribution is 2.27. The van der Waals surface area contributed by atoms with E-state index in [1.807, 2.05) is 0 Å². The Hall–Kier alpha value is -1.09. The fraction of sp³-hybridized carbons (Fsp3) is 0.615. The van der Waals surface area contributed by atoms with Gasteiger partial charge in [0.1, 0.15) is 5.82 Å². The van der Waals surface area contributed by atoms with E-state index in [1.54, 1.807) is 0 Å². The molecule has 2 aliphatic rings. The number of nitrogens with one attached hydrogen (secondary N) is 1. The van der Waals surface area contributed by atoms with Crippen LogP contribution in [0.15, 0.2) is 6.08 Å². The highest BCUT2D eigenvalue weighted by atomic mass is 15.1. The SMILES string of the molecule is Cc1nc(C2=CCNCC2)c2n1CCCC2. The smallest absolute Gasteiger partial charge is 0.106 e. The maximum absolute atomic E-state index is 4.78. The highest BCUT2D eigenvalue weighted by molar-refractivity contribution is 5.66. The Kier molecular flexibility index (Phi) is 2.56. The van der Waals surface area contributed by atoms with Crippen molar-refractivity contribution in [1.82, 2.24) is 14.9 Å². The minimum Gasteiger partial charge on any atom is -0.332 e. The van der Waals surface area contributed by atoms with Crippen LogP contribution in [0.4, 0.5) is 0 Å². The molecular formula is C13H19N3. The molecule has 0 saturated heterocycles. The van der Waals surface area contributed by atoms with Gasteiger partial charge >= 0.3 is 0 Å². The standard InChI is InChI=1S/C13H19N3/c1-10-15-13(11-5-7-14-8-6-11)12-4-2-3-9-16(10)12/h5,14H,2-4,6-9H2,1H3. The highest BCUT2D eigenvalue weighted by Gasteiger charge is 2.20. The summed E-state index contributed by atoms with van der Waals surface area (Å²) < 4.78 is 2.42. The lowest BCUT2D eigenvalue weighted by molar-refractivity contribution is 0.521. The number of nitrogens with zero attached hydrogens (tertiary/aromatic N) is 2. The van der Waals surface area contributed by atoms with Crippen molar-refractivity contribution in [2.24, 2.45) is 0 Å². The molecule has 0 atom stereocenters. The van der Waals surface area contributed by atoms with E-state index in [0.29, 0.717) is 0 Å². The largest absolute Gasteiger partial charge is 0.332 e. The molecule has 1 N–H and O–H groups in total. The van der Waals surface area contributed by atoms with Crippen molar-refractivity contribution in [2.75, 3.05) is 13.1 Å². The van der Waals surface area contributed by atoms with E-state index in [4.69, 9.17) is 4.98 Å². The second kappa shape index (κ2) is 4.06. The van der Waals surface area contributed by atoms with Crippen molar-refractivity contribution in [2.45, 2.75) is 39.2 Å². The van der Waals surface area contributed by atoms with Gasteiger partial charge in [0.2, 0.25) is 0 Å². The first-order valence-corrected chi connectivity index (χ1v) is 6.32. The minimum absolute atomic E-state index is 1.00. The van der Waals surface area contributed by atoms with Gasteiger partial charge in [-0.2, -0.15) is 0 Å². The van der Waals surface area contributed by atoms with Gasteiger partial charge in [0.05, 0.1) is 5.69 Å². The van der Waals surface area contributed by atoms with Crippen molar-refractivity contribution in [3.05, 3.63) is 23.3 Å². The van der Waals surface area contributed by atoms with E-state index in [1.165, 1.54) is 48.6 Å². The molecule has 0 aliphatic carbocycles. The summed E-state index contributed by atoms with van der Waals surface area (Å²) in [4.78, 5) is 4.78. The van der Waals surface area contributed by atoms with Crippen LogP contribution in [-0.2, 0) is 13.0 Å². The molecule has 0 radical (unpaired) electrons. The maximum atomic E-state index is 4.78. The first-order chi connectivity index (χ1) is 7.86. The molecule has 1 aromatic heterocycles. The van der Waals surface area contributed by atoms with Crippen LogP contribution in [0.1, 0.15) is 36.5 Å². The van der Waals surface area contributed by atoms with Gasteiger partial charge in [0.25, 0.3) is 0 Å². The summed E-state index contributed by atoms with van der Waals surface area (Å²) in [6, 6.07) is 0. The molecule has 0 fully saturated rings. The van der Waals surface area contributed by atoms with E-state index < -0.39 is 0 Å². The summed E-state index contributed by atoms with van der Waals surface area (Å²) in [5, 5.41) is 3.36. The molecule has 1 aromatic rings. The number of aromatic nitrogens is 2. The quantitative estimate of drug-likeness (QED) is 0.778. The average Bonchev–Trinajstić information content (AvgIpc) is 2.69. The molecule has 86 valence electrons. The molecule has 0 bridgehead atoms. The first-order valence-electron chi connectivity index (χ1n) is 6.32. The number of hydrogen-bond donors (Lipinski definition) is 1. The second-order valence-corrected chi connectivity index (χ2v) is 4.75. The van der Waals surface area contributed by atoms with E-state index in [9.17, 15) is 0 Å². The predicted octanol–water partition coefficient (Wildman–Crippen LogP) is 1.90. The van der Waals surface area contributed by atoms with Gasteiger partial charge in [-0.15, -0.1) is 0 Å². The Labute approximate surface area is 96.6 Å². The third kappa shape index (κ3) is 1.59. The van der Waals surface area contributed by atoms with Crippen molar-refractivity contribution >= 4 is 5.57 Å². The number of rotatable bonds is 1. The molecule has 0 aromatic carbocycles. The molecule has 3 rings (SSSR count). The Morgan fingerprint density at radius 1 is 1.31 bits per heavy atom. The van der Waals surface area contributed by atoms with Crippen LogP contribution < -0.4 is 5.32 Å². The Bertz CT molecular complexity index is 429. The second-order valence-electron chi connectivity index (χ2n) is 4.75. The zero-order valence-electron chi connectivity index (χ0n) is 9.92. The molecule has 0 amide bonds. The van der Waals surface area contributed by atoms with Gasteiger partial charge in [-0.3, -0.25) is 0 Å². The molecule has 3 heterocycles. The van der Waals surface area contributed by atoms with Crippen molar-refractivity contribution in [3.63, 3.8) is 0 Å². The number of hydrogen-bond acceptors (Lipinski definition) is 2. The third-order valence-electron chi connectivity index (χ3n) is 3.68. The predicted molar refractivity (Wildman–Crippen MR) is 65.4 cm³/mol. The Balaban J connectivity index is 2.03. The van der Waals surface area contributed by atoms with Crippen molar-refractivity contribution in [1.29, 1.82) is 0 Å². The lowest BCUT2D eigenvalue weighted by atomic mass is 10.0. The average molecular weight is 217 g/mol. The fourth-order valence-corrected chi connectivity index (χ4v) is 2.82. The summed E-state index contributed by atoms with van der Waals surface area (Å²) in [7, 11) is 0. The third-order valence-corrected chi connectivity index (χ3v) is 3.68. The summed E-state index contributed by atoms with van der Waals surface area (Å²) >= 11 is 0. The lowest BCUT2D eigenvalue weighted by Gasteiger charge is -2.18. The fourth-order valence-electron chi connectivity index (χ4n) is 2.82. The van der Waals surface area contributed by atoms with Crippen LogP contribution in [-0.4, -0.2) is 22.6 Å². The molecule has 0 spiro atoms. The lowest BCUT2D eigenvalue weighted by Crippen LogP contribution is -2.20. The number of fused-ring (bicyclic) bond motifs is 1. The van der Waals surface area contributed by atoms with Crippen molar-refractivity contribution < 1.29 is 0 Å². The summed E-state index contributed by atoms with van der Waals surface area (Å²) in [5.41, 5.74) is 4.23. The van der Waals surface area contributed by atoms with Crippen LogP contribution in [0.25, 0.3) is 5.57 Å². The summed E-state index contributed by atoms with van der Waals surface area (Å²) in [5.74, 6) is 1.20. The van der Waals surface area contributed by atoms with E-state index in [2.05, 4.69) is 22.9 Å². The molecule has 0 unspecified atom stereocenters. The van der Waals surface area contributed by atoms with Gasteiger partial charge in [-0.1, -0.05) is 6.08 Å². The van der Waals surface area contributed by atoms with Crippen LogP contribution in [0.2, 0.25) is 0 Å². The molecule has 3 nitrogen and oxygen atoms in total. The normalized spacial score (nSPS) is 20.4. The summed E-state index contributed by atoms with van der Waals surface area (Å²) in [6.45, 7) is 5.40.